The number of ether oxygens (including phenoxy) is 1. The number of hydrogen-bond acceptors (Lipinski definition) is 4. The fraction of sp³-hybridized carbons (Fsp3) is 0.529. The summed E-state index contributed by atoms with van der Waals surface area (Å²) in [5.74, 6) is -0.872. The molecular weight excluding hydrogens is 266 g/mol. The number of benzene rings is 1. The molecule has 0 amide bonds. The van der Waals surface area contributed by atoms with E-state index in [0.29, 0.717) is 13.0 Å². The number of Topliss-reactive ketones (excluding diaryl/α,β-unsaturated/α-hetero) is 1. The van der Waals surface area contributed by atoms with Gasteiger partial charge in [-0.3, -0.25) is 14.5 Å². The van der Waals surface area contributed by atoms with Crippen molar-refractivity contribution >= 4 is 11.8 Å². The Morgan fingerprint density at radius 1 is 1.29 bits per heavy atom. The van der Waals surface area contributed by atoms with Crippen molar-refractivity contribution in [1.29, 1.82) is 0 Å². The maximum atomic E-state index is 12.2. The summed E-state index contributed by atoms with van der Waals surface area (Å²) in [4.78, 5) is 26.7. The van der Waals surface area contributed by atoms with Crippen molar-refractivity contribution in [1.82, 2.24) is 4.90 Å². The number of piperidine rings is 1. The van der Waals surface area contributed by atoms with E-state index in [4.69, 9.17) is 4.74 Å². The highest BCUT2D eigenvalue weighted by atomic mass is 16.5. The first-order valence-corrected chi connectivity index (χ1v) is 7.69. The highest BCUT2D eigenvalue weighted by Crippen LogP contribution is 2.38. The summed E-state index contributed by atoms with van der Waals surface area (Å²) in [5.41, 5.74) is 1.23. The summed E-state index contributed by atoms with van der Waals surface area (Å²) in [6.07, 6.45) is 2.39. The zero-order valence-electron chi connectivity index (χ0n) is 12.3. The van der Waals surface area contributed by atoms with Crippen LogP contribution in [0.3, 0.4) is 0 Å². The van der Waals surface area contributed by atoms with Gasteiger partial charge in [0, 0.05) is 25.0 Å². The van der Waals surface area contributed by atoms with Crippen molar-refractivity contribution in [3.63, 3.8) is 0 Å². The molecular formula is C17H21NO3. The number of nitrogens with zero attached hydrogens (tertiary/aromatic N) is 1. The van der Waals surface area contributed by atoms with Gasteiger partial charge in [0.05, 0.1) is 6.61 Å². The molecule has 0 aliphatic carbocycles. The molecule has 4 heteroatoms. The van der Waals surface area contributed by atoms with E-state index < -0.39 is 5.92 Å². The number of rotatable bonds is 4. The molecule has 112 valence electrons. The van der Waals surface area contributed by atoms with Crippen LogP contribution in [-0.2, 0) is 20.9 Å². The van der Waals surface area contributed by atoms with E-state index in [1.807, 2.05) is 18.2 Å². The van der Waals surface area contributed by atoms with Crippen LogP contribution in [0.15, 0.2) is 30.3 Å². The smallest absolute Gasteiger partial charge is 0.318 e. The second kappa shape index (κ2) is 5.98. The Hall–Kier alpha value is -1.68. The standard InChI is InChI=1S/C17H21NO3/c1-2-21-17(20)16-14-9-8-13(10-15(16)19)18(14)11-12-6-4-3-5-7-12/h3-7,13-14,16H,2,8-11H2,1H3/t13-,14+,16+/m0/s1. The molecule has 3 atom stereocenters. The van der Waals surface area contributed by atoms with E-state index in [0.717, 1.165) is 19.4 Å². The largest absolute Gasteiger partial charge is 0.465 e. The summed E-state index contributed by atoms with van der Waals surface area (Å²) in [7, 11) is 0. The van der Waals surface area contributed by atoms with Crippen molar-refractivity contribution < 1.29 is 14.3 Å². The second-order valence-corrected chi connectivity index (χ2v) is 5.86. The lowest BCUT2D eigenvalue weighted by molar-refractivity contribution is -0.156. The van der Waals surface area contributed by atoms with E-state index >= 15 is 0 Å². The van der Waals surface area contributed by atoms with Gasteiger partial charge < -0.3 is 4.74 Å². The Balaban J connectivity index is 1.79. The summed E-state index contributed by atoms with van der Waals surface area (Å²) < 4.78 is 5.11. The fourth-order valence-corrected chi connectivity index (χ4v) is 3.68. The van der Waals surface area contributed by atoms with Crippen LogP contribution < -0.4 is 0 Å². The molecule has 2 aliphatic rings. The molecule has 0 unspecified atom stereocenters. The fourth-order valence-electron chi connectivity index (χ4n) is 3.68. The molecule has 1 aromatic rings. The lowest BCUT2D eigenvalue weighted by atomic mass is 9.88. The molecule has 0 saturated carbocycles. The molecule has 2 fully saturated rings. The number of fused-ring (bicyclic) bond motifs is 2. The van der Waals surface area contributed by atoms with Crippen molar-refractivity contribution in [3.8, 4) is 0 Å². The van der Waals surface area contributed by atoms with Gasteiger partial charge in [-0.15, -0.1) is 0 Å². The molecule has 2 saturated heterocycles. The quantitative estimate of drug-likeness (QED) is 0.629. The molecule has 1 aromatic carbocycles. The maximum Gasteiger partial charge on any atom is 0.318 e. The van der Waals surface area contributed by atoms with E-state index in [1.165, 1.54) is 5.56 Å². The minimum Gasteiger partial charge on any atom is -0.465 e. The summed E-state index contributed by atoms with van der Waals surface area (Å²) >= 11 is 0. The second-order valence-electron chi connectivity index (χ2n) is 5.86. The van der Waals surface area contributed by atoms with Gasteiger partial charge in [0.2, 0.25) is 0 Å². The van der Waals surface area contributed by atoms with Gasteiger partial charge in [-0.25, -0.2) is 0 Å². The number of carbonyl (C=O) groups excluding carboxylic acids is 2. The van der Waals surface area contributed by atoms with Crippen LogP contribution in [0.25, 0.3) is 0 Å². The number of ketones is 1. The molecule has 0 spiro atoms. The van der Waals surface area contributed by atoms with Gasteiger partial charge in [0.25, 0.3) is 0 Å². The van der Waals surface area contributed by atoms with Gasteiger partial charge in [-0.05, 0) is 25.3 Å². The summed E-state index contributed by atoms with van der Waals surface area (Å²) in [5, 5.41) is 0. The Morgan fingerprint density at radius 3 is 2.76 bits per heavy atom. The summed E-state index contributed by atoms with van der Waals surface area (Å²) in [6, 6.07) is 10.5. The average molecular weight is 287 g/mol. The molecule has 0 radical (unpaired) electrons. The third-order valence-corrected chi connectivity index (χ3v) is 4.61. The molecule has 0 N–H and O–H groups in total. The van der Waals surface area contributed by atoms with Crippen LogP contribution in [0.1, 0.15) is 31.7 Å². The highest BCUT2D eigenvalue weighted by molar-refractivity contribution is 6.01. The number of esters is 1. The predicted molar refractivity (Wildman–Crippen MR) is 78.5 cm³/mol. The van der Waals surface area contributed by atoms with Crippen LogP contribution in [-0.4, -0.2) is 35.3 Å². The van der Waals surface area contributed by atoms with Crippen LogP contribution in [0, 0.1) is 5.92 Å². The van der Waals surface area contributed by atoms with E-state index in [2.05, 4.69) is 17.0 Å². The van der Waals surface area contributed by atoms with Gasteiger partial charge in [-0.1, -0.05) is 30.3 Å². The van der Waals surface area contributed by atoms with Gasteiger partial charge >= 0.3 is 5.97 Å². The highest BCUT2D eigenvalue weighted by Gasteiger charge is 2.50. The van der Waals surface area contributed by atoms with Crippen molar-refractivity contribution in [2.75, 3.05) is 6.61 Å². The molecule has 4 nitrogen and oxygen atoms in total. The van der Waals surface area contributed by atoms with Crippen LogP contribution >= 0.6 is 0 Å². The zero-order chi connectivity index (χ0) is 14.8. The van der Waals surface area contributed by atoms with Crippen LogP contribution in [0.2, 0.25) is 0 Å². The SMILES string of the molecule is CCOC(=O)[C@H]1C(=O)C[C@@H]2CC[C@H]1N2Cc1ccccc1. The Bertz CT molecular complexity index is 528. The summed E-state index contributed by atoms with van der Waals surface area (Å²) in [6.45, 7) is 2.92. The molecule has 2 aliphatic heterocycles. The molecule has 3 rings (SSSR count). The minimum atomic E-state index is -0.590. The topological polar surface area (TPSA) is 46.6 Å². The number of carbonyl (C=O) groups is 2. The molecule has 0 aromatic heterocycles. The van der Waals surface area contributed by atoms with Crippen molar-refractivity contribution in [2.45, 2.75) is 44.8 Å². The third-order valence-electron chi connectivity index (χ3n) is 4.61. The first-order chi connectivity index (χ1) is 10.2. The zero-order valence-corrected chi connectivity index (χ0v) is 12.3. The van der Waals surface area contributed by atoms with Crippen LogP contribution in [0.5, 0.6) is 0 Å². The van der Waals surface area contributed by atoms with E-state index in [9.17, 15) is 9.59 Å². The molecule has 2 heterocycles. The first-order valence-electron chi connectivity index (χ1n) is 7.69. The normalized spacial score (nSPS) is 28.6. The monoisotopic (exact) mass is 287 g/mol. The Morgan fingerprint density at radius 2 is 2.05 bits per heavy atom. The maximum absolute atomic E-state index is 12.2. The Labute approximate surface area is 125 Å². The first kappa shape index (κ1) is 14.3. The minimum absolute atomic E-state index is 0.00973. The lowest BCUT2D eigenvalue weighted by Gasteiger charge is -2.38. The van der Waals surface area contributed by atoms with Crippen molar-refractivity contribution in [3.05, 3.63) is 35.9 Å². The lowest BCUT2D eigenvalue weighted by Crippen LogP contribution is -2.51. The van der Waals surface area contributed by atoms with Gasteiger partial charge in [0.15, 0.2) is 0 Å². The van der Waals surface area contributed by atoms with Gasteiger partial charge in [0.1, 0.15) is 11.7 Å². The predicted octanol–water partition coefficient (Wildman–Crippen LogP) is 2.17. The Kier molecular flexibility index (Phi) is 4.06. The van der Waals surface area contributed by atoms with E-state index in [-0.39, 0.29) is 23.8 Å². The third kappa shape index (κ3) is 2.72. The number of hydrogen-bond donors (Lipinski definition) is 0. The van der Waals surface area contributed by atoms with E-state index in [1.54, 1.807) is 6.92 Å². The average Bonchev–Trinajstić information content (AvgIpc) is 2.75. The van der Waals surface area contributed by atoms with Gasteiger partial charge in [-0.2, -0.15) is 0 Å². The van der Waals surface area contributed by atoms with Crippen LogP contribution in [0.4, 0.5) is 0 Å². The van der Waals surface area contributed by atoms with Crippen molar-refractivity contribution in [2.24, 2.45) is 5.92 Å². The molecule has 2 bridgehead atoms. The molecule has 21 heavy (non-hydrogen) atoms.